The number of hydrogen-bond donors (Lipinski definition) is 1. The Labute approximate surface area is 108 Å². The first-order valence-electron chi connectivity index (χ1n) is 6.31. The number of benzene rings is 1. The molecule has 1 saturated heterocycles. The number of carbonyl (C=O) groups excluding carboxylic acids is 1. The Hall–Kier alpha value is -1.39. The van der Waals surface area contributed by atoms with Gasteiger partial charge in [0.15, 0.2) is 5.78 Å². The summed E-state index contributed by atoms with van der Waals surface area (Å²) in [6.07, 6.45) is 0. The third-order valence-electron chi connectivity index (χ3n) is 3.33. The van der Waals surface area contributed by atoms with Crippen molar-refractivity contribution in [1.29, 1.82) is 0 Å². The number of anilines is 1. The number of aliphatic hydroxyl groups excluding tert-OH is 1. The number of carbonyl (C=O) groups is 1. The van der Waals surface area contributed by atoms with E-state index in [1.54, 1.807) is 13.0 Å². The predicted octanol–water partition coefficient (Wildman–Crippen LogP) is 0.804. The third kappa shape index (κ3) is 3.09. The van der Waals surface area contributed by atoms with Crippen molar-refractivity contribution in [1.82, 2.24) is 4.90 Å². The Morgan fingerprint density at radius 3 is 2.67 bits per heavy atom. The van der Waals surface area contributed by atoms with Crippen LogP contribution in [0.4, 0.5) is 5.69 Å². The maximum Gasteiger partial charge on any atom is 0.159 e. The Kier molecular flexibility index (Phi) is 4.33. The summed E-state index contributed by atoms with van der Waals surface area (Å²) in [5.74, 6) is 0.0759. The van der Waals surface area contributed by atoms with E-state index < -0.39 is 0 Å². The van der Waals surface area contributed by atoms with Gasteiger partial charge in [-0.05, 0) is 31.2 Å². The number of piperazine rings is 1. The zero-order valence-corrected chi connectivity index (χ0v) is 10.7. The lowest BCUT2D eigenvalue weighted by Gasteiger charge is -2.35. The molecule has 1 aliphatic rings. The topological polar surface area (TPSA) is 43.8 Å². The molecule has 2 rings (SSSR count). The molecular formula is C14H19N2O2. The average molecular weight is 247 g/mol. The molecule has 4 heteroatoms. The standard InChI is InChI=1S/C14H19N2O2/c1-12(18)13-3-2-4-14(11-13)16-7-5-15(6-8-16)9-10-17/h3-4,11,17H,5-10H2,1H3. The van der Waals surface area contributed by atoms with Crippen molar-refractivity contribution in [2.45, 2.75) is 6.92 Å². The average Bonchev–Trinajstić information content (AvgIpc) is 2.40. The van der Waals surface area contributed by atoms with Gasteiger partial charge in [-0.1, -0.05) is 0 Å². The minimum Gasteiger partial charge on any atom is -0.395 e. The molecule has 97 valence electrons. The monoisotopic (exact) mass is 247 g/mol. The normalized spacial score (nSPS) is 16.9. The smallest absolute Gasteiger partial charge is 0.159 e. The second-order valence-electron chi connectivity index (χ2n) is 4.59. The summed E-state index contributed by atoms with van der Waals surface area (Å²) in [5, 5.41) is 8.90. The maximum atomic E-state index is 11.3. The van der Waals surface area contributed by atoms with Crippen LogP contribution in [0.1, 0.15) is 17.3 Å². The fourth-order valence-electron chi connectivity index (χ4n) is 2.22. The van der Waals surface area contributed by atoms with E-state index in [1.165, 1.54) is 0 Å². The highest BCUT2D eigenvalue weighted by Crippen LogP contribution is 2.18. The Bertz CT molecular complexity index is 412. The molecule has 1 fully saturated rings. The number of aliphatic hydroxyl groups is 1. The minimum atomic E-state index is 0.0759. The summed E-state index contributed by atoms with van der Waals surface area (Å²) in [6, 6.07) is 8.61. The van der Waals surface area contributed by atoms with Crippen LogP contribution in [0.3, 0.4) is 0 Å². The zero-order chi connectivity index (χ0) is 13.0. The molecule has 0 bridgehead atoms. The lowest BCUT2D eigenvalue weighted by atomic mass is 10.1. The molecule has 0 unspecified atom stereocenters. The molecule has 0 saturated carbocycles. The molecule has 0 atom stereocenters. The van der Waals surface area contributed by atoms with Crippen molar-refractivity contribution in [2.24, 2.45) is 0 Å². The van der Waals surface area contributed by atoms with Gasteiger partial charge in [0.2, 0.25) is 0 Å². The minimum absolute atomic E-state index is 0.0759. The van der Waals surface area contributed by atoms with E-state index in [1.807, 2.05) is 12.1 Å². The number of β-amino-alcohol motifs (C(OH)–C–C–N with tert-alkyl or cyclic N) is 1. The SMILES string of the molecule is CC(=O)c1c[c]cc(N2CCN(CCO)CC2)c1. The highest BCUT2D eigenvalue weighted by Gasteiger charge is 2.17. The quantitative estimate of drug-likeness (QED) is 0.799. The first-order chi connectivity index (χ1) is 8.70. The molecule has 4 nitrogen and oxygen atoms in total. The zero-order valence-electron chi connectivity index (χ0n) is 10.7. The summed E-state index contributed by atoms with van der Waals surface area (Å²) in [6.45, 7) is 6.29. The summed E-state index contributed by atoms with van der Waals surface area (Å²) in [7, 11) is 0. The van der Waals surface area contributed by atoms with E-state index in [4.69, 9.17) is 5.11 Å². The van der Waals surface area contributed by atoms with Gasteiger partial charge in [-0.25, -0.2) is 0 Å². The number of ketones is 1. The molecule has 1 radical (unpaired) electrons. The van der Waals surface area contributed by atoms with Gasteiger partial charge in [-0.3, -0.25) is 9.69 Å². The van der Waals surface area contributed by atoms with Crippen molar-refractivity contribution < 1.29 is 9.90 Å². The second kappa shape index (κ2) is 5.98. The van der Waals surface area contributed by atoms with Crippen LogP contribution in [-0.2, 0) is 0 Å². The maximum absolute atomic E-state index is 11.3. The van der Waals surface area contributed by atoms with Gasteiger partial charge in [-0.2, -0.15) is 0 Å². The van der Waals surface area contributed by atoms with E-state index in [-0.39, 0.29) is 12.4 Å². The van der Waals surface area contributed by atoms with Crippen LogP contribution in [0.25, 0.3) is 0 Å². The largest absolute Gasteiger partial charge is 0.395 e. The molecule has 0 aliphatic carbocycles. The summed E-state index contributed by atoms with van der Waals surface area (Å²) >= 11 is 0. The van der Waals surface area contributed by atoms with Gasteiger partial charge in [0.1, 0.15) is 0 Å². The van der Waals surface area contributed by atoms with E-state index in [9.17, 15) is 4.79 Å². The predicted molar refractivity (Wildman–Crippen MR) is 71.0 cm³/mol. The summed E-state index contributed by atoms with van der Waals surface area (Å²) in [4.78, 5) is 15.8. The molecule has 1 N–H and O–H groups in total. The highest BCUT2D eigenvalue weighted by molar-refractivity contribution is 5.94. The molecule has 18 heavy (non-hydrogen) atoms. The molecule has 0 amide bonds. The Morgan fingerprint density at radius 2 is 2.06 bits per heavy atom. The number of Topliss-reactive ketones (excluding diaryl/α,β-unsaturated/α-hetero) is 1. The fraction of sp³-hybridized carbons (Fsp3) is 0.500. The van der Waals surface area contributed by atoms with Crippen molar-refractivity contribution in [3.63, 3.8) is 0 Å². The van der Waals surface area contributed by atoms with Crippen molar-refractivity contribution in [2.75, 3.05) is 44.2 Å². The second-order valence-corrected chi connectivity index (χ2v) is 4.59. The van der Waals surface area contributed by atoms with Crippen LogP contribution in [0.15, 0.2) is 18.2 Å². The fourth-order valence-corrected chi connectivity index (χ4v) is 2.22. The van der Waals surface area contributed by atoms with Crippen LogP contribution in [-0.4, -0.2) is 55.1 Å². The van der Waals surface area contributed by atoms with Gasteiger partial charge in [0, 0.05) is 44.0 Å². The van der Waals surface area contributed by atoms with Gasteiger partial charge in [0.25, 0.3) is 0 Å². The number of rotatable bonds is 4. The van der Waals surface area contributed by atoms with Crippen LogP contribution >= 0.6 is 0 Å². The Morgan fingerprint density at radius 1 is 1.33 bits per heavy atom. The lowest BCUT2D eigenvalue weighted by Crippen LogP contribution is -2.47. The highest BCUT2D eigenvalue weighted by atomic mass is 16.3. The summed E-state index contributed by atoms with van der Waals surface area (Å²) < 4.78 is 0. The molecule has 0 spiro atoms. The molecule has 1 aromatic rings. The van der Waals surface area contributed by atoms with Crippen LogP contribution in [0, 0.1) is 6.07 Å². The van der Waals surface area contributed by atoms with Gasteiger partial charge in [0.05, 0.1) is 6.61 Å². The van der Waals surface area contributed by atoms with Gasteiger partial charge in [-0.15, -0.1) is 0 Å². The third-order valence-corrected chi connectivity index (χ3v) is 3.33. The van der Waals surface area contributed by atoms with Crippen LogP contribution in [0.5, 0.6) is 0 Å². The van der Waals surface area contributed by atoms with Crippen molar-refractivity contribution >= 4 is 11.5 Å². The number of nitrogens with zero attached hydrogens (tertiary/aromatic N) is 2. The number of hydrogen-bond acceptors (Lipinski definition) is 4. The van der Waals surface area contributed by atoms with Crippen LogP contribution in [0.2, 0.25) is 0 Å². The van der Waals surface area contributed by atoms with E-state index in [2.05, 4.69) is 15.9 Å². The van der Waals surface area contributed by atoms with E-state index in [0.717, 1.165) is 38.4 Å². The van der Waals surface area contributed by atoms with E-state index >= 15 is 0 Å². The molecule has 1 aromatic carbocycles. The molecule has 1 aliphatic heterocycles. The summed E-state index contributed by atoms with van der Waals surface area (Å²) in [5.41, 5.74) is 1.77. The van der Waals surface area contributed by atoms with Crippen LogP contribution < -0.4 is 4.90 Å². The molecular weight excluding hydrogens is 228 g/mol. The van der Waals surface area contributed by atoms with E-state index in [0.29, 0.717) is 5.56 Å². The first kappa shape index (κ1) is 13.1. The van der Waals surface area contributed by atoms with Crippen molar-refractivity contribution in [3.05, 3.63) is 29.8 Å². The first-order valence-corrected chi connectivity index (χ1v) is 6.31. The van der Waals surface area contributed by atoms with Gasteiger partial charge >= 0.3 is 0 Å². The van der Waals surface area contributed by atoms with Crippen molar-refractivity contribution in [3.8, 4) is 0 Å². The molecule has 0 aromatic heterocycles. The lowest BCUT2D eigenvalue weighted by molar-refractivity contribution is 0.101. The van der Waals surface area contributed by atoms with Gasteiger partial charge < -0.3 is 10.0 Å². The molecule has 1 heterocycles. The Balaban J connectivity index is 2.01.